The Balaban J connectivity index is 1.78. The SMILES string of the molecule is C=CCS(=O)(=O)[C@@H]1O[C@@H]2O[C@@]3(C)CC[C@H]4[C@H](C)CC[C@@H]([C@H]1C)[C@@]24OO3. The summed E-state index contributed by atoms with van der Waals surface area (Å²) in [7, 11) is -3.45. The zero-order valence-electron chi connectivity index (χ0n) is 15.1. The highest BCUT2D eigenvalue weighted by Gasteiger charge is 2.70. The molecule has 5 fully saturated rings. The van der Waals surface area contributed by atoms with Crippen molar-refractivity contribution in [2.75, 3.05) is 5.75 Å². The molecule has 7 heteroatoms. The molecule has 5 rings (SSSR count). The van der Waals surface area contributed by atoms with Crippen LogP contribution in [-0.4, -0.2) is 37.3 Å². The van der Waals surface area contributed by atoms with Crippen molar-refractivity contribution in [2.24, 2.45) is 23.7 Å². The Morgan fingerprint density at radius 2 is 1.92 bits per heavy atom. The summed E-state index contributed by atoms with van der Waals surface area (Å²) in [5.41, 5.74) is -1.61. The van der Waals surface area contributed by atoms with Gasteiger partial charge >= 0.3 is 0 Å². The van der Waals surface area contributed by atoms with E-state index in [4.69, 9.17) is 19.2 Å². The smallest absolute Gasteiger partial charge is 0.201 e. The van der Waals surface area contributed by atoms with Crippen molar-refractivity contribution in [3.8, 4) is 0 Å². The lowest BCUT2D eigenvalue weighted by Gasteiger charge is -2.60. The summed E-state index contributed by atoms with van der Waals surface area (Å²) in [5.74, 6) is -0.437. The maximum absolute atomic E-state index is 12.7. The quantitative estimate of drug-likeness (QED) is 0.560. The molecule has 0 aromatic rings. The highest BCUT2D eigenvalue weighted by Crippen LogP contribution is 2.60. The molecule has 0 radical (unpaired) electrons. The third-order valence-corrected chi connectivity index (χ3v) is 8.75. The van der Waals surface area contributed by atoms with E-state index in [-0.39, 0.29) is 23.5 Å². The summed E-state index contributed by atoms with van der Waals surface area (Å²) in [4.78, 5) is 11.7. The van der Waals surface area contributed by atoms with Gasteiger partial charge in [0.2, 0.25) is 5.79 Å². The Hall–Kier alpha value is -0.470. The largest absolute Gasteiger partial charge is 0.330 e. The molecule has 6 nitrogen and oxygen atoms in total. The third kappa shape index (κ3) is 2.46. The molecule has 4 saturated heterocycles. The van der Waals surface area contributed by atoms with Gasteiger partial charge in [-0.15, -0.1) is 6.58 Å². The Morgan fingerprint density at radius 3 is 2.64 bits per heavy atom. The number of hydrogen-bond acceptors (Lipinski definition) is 6. The summed E-state index contributed by atoms with van der Waals surface area (Å²) < 4.78 is 37.8. The van der Waals surface area contributed by atoms with Gasteiger partial charge in [0.1, 0.15) is 0 Å². The van der Waals surface area contributed by atoms with E-state index in [2.05, 4.69) is 13.5 Å². The van der Waals surface area contributed by atoms with Gasteiger partial charge in [0.15, 0.2) is 27.2 Å². The van der Waals surface area contributed by atoms with Crippen LogP contribution in [0.15, 0.2) is 12.7 Å². The average Bonchev–Trinajstić information content (AvgIpc) is 2.77. The molecule has 0 aromatic carbocycles. The first-order valence-electron chi connectivity index (χ1n) is 9.26. The first-order chi connectivity index (χ1) is 11.7. The van der Waals surface area contributed by atoms with Gasteiger partial charge in [0.25, 0.3) is 0 Å². The van der Waals surface area contributed by atoms with Crippen LogP contribution in [0.25, 0.3) is 0 Å². The lowest BCUT2D eigenvalue weighted by molar-refractivity contribution is -0.568. The molecular weight excluding hydrogens is 344 g/mol. The minimum absolute atomic E-state index is 0.0275. The Morgan fingerprint density at radius 1 is 1.16 bits per heavy atom. The second-order valence-corrected chi connectivity index (χ2v) is 10.5. The first-order valence-corrected chi connectivity index (χ1v) is 11.0. The Labute approximate surface area is 149 Å². The average molecular weight is 372 g/mol. The standard InChI is InChI=1S/C18H28O6S/c1-5-10-25(19,20)15-12(3)14-7-6-11(2)13-8-9-17(4)22-16(21-15)18(13,14)24-23-17/h5,11-16H,1,6-10H2,2-4H3/t11-,12-,13+,14+,15+,16-,17-,18-/m1/s1. The van der Waals surface area contributed by atoms with Crippen LogP contribution in [0.5, 0.6) is 0 Å². The Bertz CT molecular complexity index is 662. The van der Waals surface area contributed by atoms with E-state index in [1.54, 1.807) is 0 Å². The second-order valence-electron chi connectivity index (χ2n) is 8.39. The second kappa shape index (κ2) is 5.76. The van der Waals surface area contributed by atoms with Crippen LogP contribution in [0.1, 0.15) is 46.5 Å². The molecule has 4 heterocycles. The number of fused-ring (bicyclic) bond motifs is 2. The molecule has 0 aromatic heterocycles. The maximum Gasteiger partial charge on any atom is 0.201 e. The van der Waals surface area contributed by atoms with Crippen LogP contribution in [0, 0.1) is 23.7 Å². The predicted octanol–water partition coefficient (Wildman–Crippen LogP) is 2.80. The van der Waals surface area contributed by atoms with E-state index in [1.807, 2.05) is 13.8 Å². The molecule has 0 unspecified atom stereocenters. The third-order valence-electron chi connectivity index (χ3n) is 6.80. The van der Waals surface area contributed by atoms with Crippen molar-refractivity contribution in [3.63, 3.8) is 0 Å². The molecule has 25 heavy (non-hydrogen) atoms. The highest BCUT2D eigenvalue weighted by atomic mass is 32.2. The molecule has 1 saturated carbocycles. The van der Waals surface area contributed by atoms with E-state index >= 15 is 0 Å². The van der Waals surface area contributed by atoms with Gasteiger partial charge in [-0.3, -0.25) is 0 Å². The molecule has 0 amide bonds. The van der Waals surface area contributed by atoms with Gasteiger partial charge in [-0.25, -0.2) is 18.2 Å². The number of hydrogen-bond donors (Lipinski definition) is 0. The van der Waals surface area contributed by atoms with Gasteiger partial charge in [0, 0.05) is 18.3 Å². The lowest BCUT2D eigenvalue weighted by atomic mass is 9.58. The van der Waals surface area contributed by atoms with E-state index in [1.165, 1.54) is 6.08 Å². The van der Waals surface area contributed by atoms with E-state index in [0.29, 0.717) is 5.92 Å². The minimum Gasteiger partial charge on any atom is -0.330 e. The molecule has 4 aliphatic heterocycles. The van der Waals surface area contributed by atoms with Gasteiger partial charge in [-0.05, 0) is 38.0 Å². The summed E-state index contributed by atoms with van der Waals surface area (Å²) in [6.45, 7) is 9.60. The molecule has 8 atom stereocenters. The van der Waals surface area contributed by atoms with Crippen LogP contribution < -0.4 is 0 Å². The van der Waals surface area contributed by atoms with Crippen LogP contribution in [0.3, 0.4) is 0 Å². The van der Waals surface area contributed by atoms with E-state index in [0.717, 1.165) is 25.7 Å². The van der Waals surface area contributed by atoms with Crippen molar-refractivity contribution in [1.29, 1.82) is 0 Å². The molecule has 1 aliphatic carbocycles. The zero-order valence-corrected chi connectivity index (χ0v) is 16.0. The fourth-order valence-electron chi connectivity index (χ4n) is 5.54. The van der Waals surface area contributed by atoms with Crippen molar-refractivity contribution in [1.82, 2.24) is 0 Å². The van der Waals surface area contributed by atoms with Gasteiger partial charge < -0.3 is 9.47 Å². The van der Waals surface area contributed by atoms with E-state index in [9.17, 15) is 8.42 Å². The first kappa shape index (κ1) is 17.9. The summed E-state index contributed by atoms with van der Waals surface area (Å²) in [6, 6.07) is 0. The van der Waals surface area contributed by atoms with Crippen molar-refractivity contribution < 1.29 is 27.7 Å². The van der Waals surface area contributed by atoms with Crippen molar-refractivity contribution in [2.45, 2.75) is 69.6 Å². The molecule has 2 bridgehead atoms. The molecule has 142 valence electrons. The van der Waals surface area contributed by atoms with Gasteiger partial charge in [-0.1, -0.05) is 19.9 Å². The number of rotatable bonds is 3. The summed E-state index contributed by atoms with van der Waals surface area (Å²) >= 11 is 0. The van der Waals surface area contributed by atoms with E-state index < -0.39 is 33.0 Å². The molecular formula is C18H28O6S. The number of ether oxygens (including phenoxy) is 2. The maximum atomic E-state index is 12.7. The summed E-state index contributed by atoms with van der Waals surface area (Å²) in [5, 5.41) is 0. The van der Waals surface area contributed by atoms with Crippen molar-refractivity contribution in [3.05, 3.63) is 12.7 Å². The van der Waals surface area contributed by atoms with Crippen LogP contribution in [0.2, 0.25) is 0 Å². The fraction of sp³-hybridized carbons (Fsp3) is 0.889. The van der Waals surface area contributed by atoms with Crippen LogP contribution in [0.4, 0.5) is 0 Å². The zero-order chi connectivity index (χ0) is 18.0. The monoisotopic (exact) mass is 372 g/mol. The topological polar surface area (TPSA) is 71.1 Å². The van der Waals surface area contributed by atoms with Gasteiger partial charge in [0.05, 0.1) is 5.75 Å². The van der Waals surface area contributed by atoms with Crippen LogP contribution in [-0.2, 0) is 29.1 Å². The fourth-order valence-corrected chi connectivity index (χ4v) is 7.17. The number of sulfone groups is 1. The predicted molar refractivity (Wildman–Crippen MR) is 90.8 cm³/mol. The minimum atomic E-state index is -3.45. The van der Waals surface area contributed by atoms with Crippen LogP contribution >= 0.6 is 0 Å². The molecule has 0 N–H and O–H groups in total. The highest BCUT2D eigenvalue weighted by molar-refractivity contribution is 7.92. The normalized spacial score (nSPS) is 52.3. The Kier molecular flexibility index (Phi) is 4.13. The van der Waals surface area contributed by atoms with Gasteiger partial charge in [-0.2, -0.15) is 0 Å². The molecule has 5 aliphatic rings. The molecule has 1 spiro atoms. The van der Waals surface area contributed by atoms with Crippen molar-refractivity contribution >= 4 is 9.84 Å². The summed E-state index contributed by atoms with van der Waals surface area (Å²) in [6.07, 6.45) is 4.31. The lowest BCUT2D eigenvalue weighted by Crippen LogP contribution is -2.71.